The summed E-state index contributed by atoms with van der Waals surface area (Å²) in [5.74, 6) is -0.302. The fourth-order valence-corrected chi connectivity index (χ4v) is 1.09. The molecule has 0 aromatic carbocycles. The molecule has 0 atom stereocenters. The van der Waals surface area contributed by atoms with E-state index in [-0.39, 0.29) is 5.97 Å². The predicted molar refractivity (Wildman–Crippen MR) is 32.1 cm³/mol. The SMILES string of the molecule is CCCCC(=O)[O][Bi]=[O]. The molecule has 0 fully saturated rings. The van der Waals surface area contributed by atoms with Gasteiger partial charge in [-0.1, -0.05) is 0 Å². The van der Waals surface area contributed by atoms with E-state index in [1.807, 2.05) is 6.92 Å². The number of unbranched alkanes of at least 4 members (excludes halogenated alkanes) is 1. The second kappa shape index (κ2) is 6.28. The first-order valence-corrected chi connectivity index (χ1v) is 5.67. The molecule has 9 heavy (non-hydrogen) atoms. The normalized spacial score (nSPS) is 8.56. The van der Waals surface area contributed by atoms with Crippen molar-refractivity contribution in [1.29, 1.82) is 0 Å². The molecule has 0 aliphatic carbocycles. The van der Waals surface area contributed by atoms with Crippen molar-refractivity contribution < 1.29 is 10.4 Å². The summed E-state index contributed by atoms with van der Waals surface area (Å²) in [6.45, 7) is 1.99. The van der Waals surface area contributed by atoms with Gasteiger partial charge in [0.1, 0.15) is 0 Å². The molecule has 0 aliphatic rings. The third-order valence-corrected chi connectivity index (χ3v) is 1.95. The van der Waals surface area contributed by atoms with E-state index in [1.165, 1.54) is 0 Å². The molecule has 0 bridgehead atoms. The molecule has 0 saturated heterocycles. The molecule has 0 heterocycles. The van der Waals surface area contributed by atoms with Crippen LogP contribution in [0.5, 0.6) is 0 Å². The van der Waals surface area contributed by atoms with Crippen LogP contribution in [0.1, 0.15) is 26.2 Å². The van der Waals surface area contributed by atoms with Crippen molar-refractivity contribution in [2.75, 3.05) is 0 Å². The Balaban J connectivity index is 3.16. The van der Waals surface area contributed by atoms with E-state index in [0.717, 1.165) is 12.8 Å². The minimum absolute atomic E-state index is 0.302. The van der Waals surface area contributed by atoms with E-state index in [4.69, 9.17) is 0 Å². The van der Waals surface area contributed by atoms with Crippen LogP contribution in [0.15, 0.2) is 0 Å². The average Bonchev–Trinajstić information content (AvgIpc) is 1.85. The first-order chi connectivity index (χ1) is 4.31. The standard InChI is InChI=1S/C5H10O2.Bi.O/c1-2-3-4-5(6)7;;/h2-4H2,1H3,(H,6,7);;/q;+1;/p-1. The monoisotopic (exact) mass is 326 g/mol. The Morgan fingerprint density at radius 1 is 1.67 bits per heavy atom. The molecule has 0 radical (unpaired) electrons. The van der Waals surface area contributed by atoms with E-state index in [1.54, 1.807) is 0 Å². The fourth-order valence-electron chi connectivity index (χ4n) is 0.408. The Labute approximate surface area is 66.4 Å². The maximum atomic E-state index is 10.4. The fraction of sp³-hybridized carbons (Fsp3) is 0.800. The molecule has 0 spiro atoms. The molecular weight excluding hydrogens is 317 g/mol. The van der Waals surface area contributed by atoms with Crippen molar-refractivity contribution in [3.63, 3.8) is 0 Å². The summed E-state index contributed by atoms with van der Waals surface area (Å²) >= 11 is -2.07. The topological polar surface area (TPSA) is 43.4 Å². The molecule has 0 rings (SSSR count). The van der Waals surface area contributed by atoms with Crippen LogP contribution in [0.2, 0.25) is 0 Å². The Bertz CT molecular complexity index is 102. The molecule has 0 aromatic rings. The summed E-state index contributed by atoms with van der Waals surface area (Å²) in [7, 11) is 0. The van der Waals surface area contributed by atoms with Crippen molar-refractivity contribution in [2.45, 2.75) is 26.2 Å². The third-order valence-electron chi connectivity index (χ3n) is 0.874. The van der Waals surface area contributed by atoms with Crippen LogP contribution in [-0.4, -0.2) is 29.6 Å². The van der Waals surface area contributed by atoms with E-state index in [0.29, 0.717) is 6.42 Å². The van der Waals surface area contributed by atoms with Crippen molar-refractivity contribution in [1.82, 2.24) is 0 Å². The summed E-state index contributed by atoms with van der Waals surface area (Å²) in [6.07, 6.45) is 2.22. The number of hydrogen-bond acceptors (Lipinski definition) is 3. The van der Waals surface area contributed by atoms with Crippen molar-refractivity contribution in [3.05, 3.63) is 0 Å². The minimum atomic E-state index is -2.07. The zero-order valence-electron chi connectivity index (χ0n) is 5.29. The van der Waals surface area contributed by atoms with Crippen molar-refractivity contribution >= 4 is 29.6 Å². The molecule has 0 amide bonds. The van der Waals surface area contributed by atoms with Gasteiger partial charge in [-0.3, -0.25) is 0 Å². The first kappa shape index (κ1) is 9.15. The van der Waals surface area contributed by atoms with Gasteiger partial charge >= 0.3 is 66.3 Å². The van der Waals surface area contributed by atoms with E-state index in [2.05, 4.69) is 2.81 Å². The number of carbonyl (C=O) groups excluding carboxylic acids is 1. The summed E-state index contributed by atoms with van der Waals surface area (Å²) in [4.78, 5) is 10.4. The van der Waals surface area contributed by atoms with Crippen LogP contribution in [0.25, 0.3) is 0 Å². The maximum absolute atomic E-state index is 10.4. The molecule has 0 aromatic heterocycles. The van der Waals surface area contributed by atoms with Crippen LogP contribution in [0, 0.1) is 0 Å². The zero-order valence-corrected chi connectivity index (χ0v) is 8.77. The number of carbonyl (C=O) groups is 1. The van der Waals surface area contributed by atoms with Crippen LogP contribution < -0.4 is 0 Å². The van der Waals surface area contributed by atoms with Gasteiger partial charge in [0, 0.05) is 0 Å². The molecular formula is C5H9BiO3. The van der Waals surface area contributed by atoms with E-state index >= 15 is 0 Å². The van der Waals surface area contributed by atoms with Gasteiger partial charge < -0.3 is 0 Å². The molecule has 52 valence electrons. The molecule has 4 heteroatoms. The second-order valence-corrected chi connectivity index (χ2v) is 2.93. The summed E-state index contributed by atoms with van der Waals surface area (Å²) < 4.78 is 14.2. The van der Waals surface area contributed by atoms with Crippen LogP contribution in [0.4, 0.5) is 0 Å². The van der Waals surface area contributed by atoms with Gasteiger partial charge in [0.15, 0.2) is 0 Å². The Morgan fingerprint density at radius 3 is 2.78 bits per heavy atom. The number of hydrogen-bond donors (Lipinski definition) is 0. The molecule has 0 unspecified atom stereocenters. The first-order valence-electron chi connectivity index (χ1n) is 2.83. The summed E-state index contributed by atoms with van der Waals surface area (Å²) in [6, 6.07) is 0. The molecule has 0 saturated carbocycles. The van der Waals surface area contributed by atoms with E-state index < -0.39 is 23.7 Å². The quantitative estimate of drug-likeness (QED) is 0.714. The van der Waals surface area contributed by atoms with E-state index in [9.17, 15) is 7.61 Å². The average molecular weight is 326 g/mol. The van der Waals surface area contributed by atoms with Crippen LogP contribution >= 0.6 is 0 Å². The van der Waals surface area contributed by atoms with Gasteiger partial charge in [-0.2, -0.15) is 0 Å². The Kier molecular flexibility index (Phi) is 6.38. The Hall–Kier alpha value is 0.153. The molecule has 0 aliphatic heterocycles. The Morgan fingerprint density at radius 2 is 2.33 bits per heavy atom. The van der Waals surface area contributed by atoms with Gasteiger partial charge in [-0.05, 0) is 0 Å². The summed E-state index contributed by atoms with van der Waals surface area (Å²) in [5, 5.41) is 0. The third kappa shape index (κ3) is 6.03. The van der Waals surface area contributed by atoms with Crippen LogP contribution in [-0.2, 0) is 10.4 Å². The second-order valence-electron chi connectivity index (χ2n) is 1.64. The van der Waals surface area contributed by atoms with Crippen molar-refractivity contribution in [3.8, 4) is 0 Å². The molecule has 0 N–H and O–H groups in total. The van der Waals surface area contributed by atoms with Crippen LogP contribution in [0.3, 0.4) is 0 Å². The van der Waals surface area contributed by atoms with Crippen molar-refractivity contribution in [2.24, 2.45) is 0 Å². The van der Waals surface area contributed by atoms with Gasteiger partial charge in [-0.15, -0.1) is 0 Å². The van der Waals surface area contributed by atoms with Gasteiger partial charge in [0.25, 0.3) is 0 Å². The zero-order chi connectivity index (χ0) is 7.11. The van der Waals surface area contributed by atoms with Gasteiger partial charge in [0.2, 0.25) is 0 Å². The summed E-state index contributed by atoms with van der Waals surface area (Å²) in [5.41, 5.74) is 0. The van der Waals surface area contributed by atoms with Gasteiger partial charge in [-0.25, -0.2) is 0 Å². The predicted octanol–water partition coefficient (Wildman–Crippen LogP) is 0.684. The molecule has 3 nitrogen and oxygen atoms in total. The number of rotatable bonds is 4. The van der Waals surface area contributed by atoms with Gasteiger partial charge in [0.05, 0.1) is 0 Å².